The molecule has 1 aromatic heterocycles. The van der Waals surface area contributed by atoms with Gasteiger partial charge in [0, 0.05) is 22.8 Å². The lowest BCUT2D eigenvalue weighted by molar-refractivity contribution is -0.116. The number of anilines is 1. The molecule has 0 aliphatic carbocycles. The van der Waals surface area contributed by atoms with Gasteiger partial charge in [-0.1, -0.05) is 6.07 Å². The van der Waals surface area contributed by atoms with E-state index in [0.29, 0.717) is 6.61 Å². The van der Waals surface area contributed by atoms with Gasteiger partial charge >= 0.3 is 0 Å². The van der Waals surface area contributed by atoms with E-state index in [1.165, 1.54) is 11.1 Å². The van der Waals surface area contributed by atoms with Crippen LogP contribution in [0.25, 0.3) is 10.9 Å². The number of benzene rings is 2. The van der Waals surface area contributed by atoms with Crippen molar-refractivity contribution in [2.24, 2.45) is 0 Å². The van der Waals surface area contributed by atoms with Crippen LogP contribution >= 0.6 is 0 Å². The summed E-state index contributed by atoms with van der Waals surface area (Å²) in [6.45, 7) is 6.99. The van der Waals surface area contributed by atoms with Gasteiger partial charge in [-0.05, 0) is 68.3 Å². The van der Waals surface area contributed by atoms with Crippen LogP contribution in [0.4, 0.5) is 5.69 Å². The van der Waals surface area contributed by atoms with Crippen molar-refractivity contribution in [1.29, 1.82) is 0 Å². The number of aryl methyl sites for hydroxylation is 2. The monoisotopic (exact) mass is 322 g/mol. The molecule has 3 aromatic rings. The topological polar surface area (TPSA) is 43.3 Å². The normalized spacial score (nSPS) is 10.8. The van der Waals surface area contributed by atoms with Crippen molar-refractivity contribution in [3.8, 4) is 5.75 Å². The van der Waals surface area contributed by atoms with Gasteiger partial charge in [-0.25, -0.2) is 0 Å². The van der Waals surface area contributed by atoms with Crippen LogP contribution < -0.4 is 10.1 Å². The van der Waals surface area contributed by atoms with Gasteiger partial charge in [0.15, 0.2) is 0 Å². The molecule has 0 fully saturated rings. The maximum Gasteiger partial charge on any atom is 0.244 e. The van der Waals surface area contributed by atoms with Crippen molar-refractivity contribution in [3.63, 3.8) is 0 Å². The highest BCUT2D eigenvalue weighted by Gasteiger charge is 2.08. The molecule has 0 atom stereocenters. The summed E-state index contributed by atoms with van der Waals surface area (Å²) >= 11 is 0. The van der Waals surface area contributed by atoms with E-state index in [0.717, 1.165) is 22.3 Å². The number of hydrogen-bond acceptors (Lipinski definition) is 2. The number of carbonyl (C=O) groups is 1. The van der Waals surface area contributed by atoms with Gasteiger partial charge in [0.25, 0.3) is 0 Å². The number of aromatic nitrogens is 1. The first kappa shape index (κ1) is 16.1. The average Bonchev–Trinajstić information content (AvgIpc) is 2.93. The summed E-state index contributed by atoms with van der Waals surface area (Å²) in [7, 11) is 0. The molecule has 0 spiro atoms. The van der Waals surface area contributed by atoms with Gasteiger partial charge < -0.3 is 14.6 Å². The zero-order chi connectivity index (χ0) is 17.1. The van der Waals surface area contributed by atoms with Crippen LogP contribution in [-0.4, -0.2) is 17.1 Å². The molecule has 0 saturated carbocycles. The standard InChI is InChI=1S/C20H22N2O2/c1-4-24-18-7-8-19-16(12-18)9-10-22(19)13-20(23)21-17-6-5-14(2)15(3)11-17/h5-12H,4,13H2,1-3H3,(H,21,23). The van der Waals surface area contributed by atoms with Crippen molar-refractivity contribution in [1.82, 2.24) is 4.57 Å². The lowest BCUT2D eigenvalue weighted by Crippen LogP contribution is -2.18. The first-order chi connectivity index (χ1) is 11.6. The molecule has 24 heavy (non-hydrogen) atoms. The number of nitrogens with one attached hydrogen (secondary N) is 1. The fraction of sp³-hybridized carbons (Fsp3) is 0.250. The third-order valence-corrected chi connectivity index (χ3v) is 4.16. The highest BCUT2D eigenvalue weighted by atomic mass is 16.5. The van der Waals surface area contributed by atoms with Crippen molar-refractivity contribution in [3.05, 3.63) is 59.8 Å². The Morgan fingerprint density at radius 3 is 2.67 bits per heavy atom. The van der Waals surface area contributed by atoms with E-state index in [1.807, 2.05) is 67.1 Å². The quantitative estimate of drug-likeness (QED) is 0.761. The number of amides is 1. The Kier molecular flexibility index (Phi) is 4.56. The zero-order valence-corrected chi connectivity index (χ0v) is 14.3. The summed E-state index contributed by atoms with van der Waals surface area (Å²) in [5, 5.41) is 4.03. The van der Waals surface area contributed by atoms with Gasteiger partial charge in [0.05, 0.1) is 6.61 Å². The third-order valence-electron chi connectivity index (χ3n) is 4.16. The fourth-order valence-corrected chi connectivity index (χ4v) is 2.75. The van der Waals surface area contributed by atoms with E-state index in [1.54, 1.807) is 0 Å². The maximum absolute atomic E-state index is 12.3. The maximum atomic E-state index is 12.3. The Labute approximate surface area is 142 Å². The Morgan fingerprint density at radius 1 is 1.08 bits per heavy atom. The van der Waals surface area contributed by atoms with E-state index in [2.05, 4.69) is 12.2 Å². The van der Waals surface area contributed by atoms with E-state index in [-0.39, 0.29) is 12.5 Å². The van der Waals surface area contributed by atoms with Gasteiger partial charge in [-0.2, -0.15) is 0 Å². The first-order valence-electron chi connectivity index (χ1n) is 8.15. The van der Waals surface area contributed by atoms with Gasteiger partial charge in [0.2, 0.25) is 5.91 Å². The molecule has 4 heteroatoms. The third kappa shape index (κ3) is 3.43. The number of rotatable bonds is 5. The minimum absolute atomic E-state index is 0.0374. The van der Waals surface area contributed by atoms with E-state index >= 15 is 0 Å². The molecule has 4 nitrogen and oxygen atoms in total. The summed E-state index contributed by atoms with van der Waals surface area (Å²) in [6.07, 6.45) is 1.93. The SMILES string of the molecule is CCOc1ccc2c(ccn2CC(=O)Nc2ccc(C)c(C)c2)c1. The predicted octanol–water partition coefficient (Wildman–Crippen LogP) is 4.30. The minimum Gasteiger partial charge on any atom is -0.494 e. The van der Waals surface area contributed by atoms with Crippen LogP contribution in [-0.2, 0) is 11.3 Å². The molecule has 1 N–H and O–H groups in total. The lowest BCUT2D eigenvalue weighted by atomic mass is 10.1. The largest absolute Gasteiger partial charge is 0.494 e. The van der Waals surface area contributed by atoms with Crippen molar-refractivity contribution >= 4 is 22.5 Å². The molecular formula is C20H22N2O2. The summed E-state index contributed by atoms with van der Waals surface area (Å²) < 4.78 is 7.46. The smallest absolute Gasteiger partial charge is 0.244 e. The van der Waals surface area contributed by atoms with Crippen LogP contribution in [0.3, 0.4) is 0 Å². The summed E-state index contributed by atoms with van der Waals surface area (Å²) in [6, 6.07) is 13.9. The summed E-state index contributed by atoms with van der Waals surface area (Å²) in [5.41, 5.74) is 4.24. The number of ether oxygens (including phenoxy) is 1. The first-order valence-corrected chi connectivity index (χ1v) is 8.15. The summed E-state index contributed by atoms with van der Waals surface area (Å²) in [5.74, 6) is 0.812. The van der Waals surface area contributed by atoms with Crippen LogP contribution in [0.2, 0.25) is 0 Å². The Balaban J connectivity index is 1.74. The Bertz CT molecular complexity index is 880. The van der Waals surface area contributed by atoms with Crippen LogP contribution in [0.5, 0.6) is 5.75 Å². The second kappa shape index (κ2) is 6.79. The molecular weight excluding hydrogens is 300 g/mol. The molecule has 1 heterocycles. The van der Waals surface area contributed by atoms with Crippen molar-refractivity contribution in [2.45, 2.75) is 27.3 Å². The average molecular weight is 322 g/mol. The van der Waals surface area contributed by atoms with Crippen molar-refractivity contribution < 1.29 is 9.53 Å². The molecule has 124 valence electrons. The van der Waals surface area contributed by atoms with Crippen LogP contribution in [0.1, 0.15) is 18.1 Å². The number of fused-ring (bicyclic) bond motifs is 1. The number of carbonyl (C=O) groups excluding carboxylic acids is 1. The molecule has 0 aliphatic heterocycles. The molecule has 0 saturated heterocycles. The highest BCUT2D eigenvalue weighted by molar-refractivity contribution is 5.92. The lowest BCUT2D eigenvalue weighted by Gasteiger charge is -2.09. The van der Waals surface area contributed by atoms with E-state index in [4.69, 9.17) is 4.74 Å². The van der Waals surface area contributed by atoms with Crippen molar-refractivity contribution in [2.75, 3.05) is 11.9 Å². The van der Waals surface area contributed by atoms with Crippen LogP contribution in [0, 0.1) is 13.8 Å². The minimum atomic E-state index is -0.0374. The Morgan fingerprint density at radius 2 is 1.92 bits per heavy atom. The molecule has 3 rings (SSSR count). The second-order valence-corrected chi connectivity index (χ2v) is 5.94. The van der Waals surface area contributed by atoms with Gasteiger partial charge in [-0.15, -0.1) is 0 Å². The predicted molar refractivity (Wildman–Crippen MR) is 97.7 cm³/mol. The summed E-state index contributed by atoms with van der Waals surface area (Å²) in [4.78, 5) is 12.3. The second-order valence-electron chi connectivity index (χ2n) is 5.94. The van der Waals surface area contributed by atoms with E-state index in [9.17, 15) is 4.79 Å². The van der Waals surface area contributed by atoms with Crippen LogP contribution in [0.15, 0.2) is 48.7 Å². The van der Waals surface area contributed by atoms with Gasteiger partial charge in [0.1, 0.15) is 12.3 Å². The molecule has 0 radical (unpaired) electrons. The number of nitrogens with zero attached hydrogens (tertiary/aromatic N) is 1. The molecule has 1 amide bonds. The fourth-order valence-electron chi connectivity index (χ4n) is 2.75. The molecule has 0 aliphatic rings. The molecule has 0 unspecified atom stereocenters. The zero-order valence-electron chi connectivity index (χ0n) is 14.3. The van der Waals surface area contributed by atoms with Gasteiger partial charge in [-0.3, -0.25) is 4.79 Å². The molecule has 2 aromatic carbocycles. The number of hydrogen-bond donors (Lipinski definition) is 1. The Hall–Kier alpha value is -2.75. The highest BCUT2D eigenvalue weighted by Crippen LogP contribution is 2.22. The van der Waals surface area contributed by atoms with E-state index < -0.39 is 0 Å². The molecule has 0 bridgehead atoms.